The standard InChI is InChI=1S/C24H31ClN4O10/c1-13(30)35-12-19-21(36-14(2)31)22(37-15(3)32)23(38-16(4)33)24(39-19)29-26-20(28(5)27-29)10-11-34-18-8-6-17(25)7-9-18/h6-9,19,21-24,27H,10-12H2,1-5H3. The van der Waals surface area contributed by atoms with E-state index in [4.69, 9.17) is 40.0 Å². The zero-order valence-corrected chi connectivity index (χ0v) is 22.9. The maximum atomic E-state index is 12.0. The van der Waals surface area contributed by atoms with Crippen LogP contribution in [-0.4, -0.2) is 90.7 Å². The molecule has 15 heteroatoms. The number of hydrogen-bond acceptors (Lipinski definition) is 14. The Hall–Kier alpha value is -3.62. The third-order valence-corrected chi connectivity index (χ3v) is 5.73. The van der Waals surface area contributed by atoms with Crippen LogP contribution in [0.3, 0.4) is 0 Å². The maximum absolute atomic E-state index is 12.0. The number of carbonyl (C=O) groups excluding carboxylic acids is 4. The first-order chi connectivity index (χ1) is 18.4. The quantitative estimate of drug-likeness (QED) is 0.316. The van der Waals surface area contributed by atoms with Crippen LogP contribution in [0.1, 0.15) is 34.1 Å². The Balaban J connectivity index is 1.86. The first-order valence-corrected chi connectivity index (χ1v) is 12.4. The zero-order chi connectivity index (χ0) is 28.7. The van der Waals surface area contributed by atoms with Crippen molar-refractivity contribution >= 4 is 41.3 Å². The van der Waals surface area contributed by atoms with E-state index in [-0.39, 0.29) is 13.2 Å². The largest absolute Gasteiger partial charge is 0.493 e. The van der Waals surface area contributed by atoms with Crippen LogP contribution in [-0.2, 0) is 42.9 Å². The number of amidine groups is 1. The summed E-state index contributed by atoms with van der Waals surface area (Å²) in [7, 11) is 1.70. The van der Waals surface area contributed by atoms with Crippen molar-refractivity contribution in [2.24, 2.45) is 5.10 Å². The number of carbonyl (C=O) groups is 4. The van der Waals surface area contributed by atoms with E-state index < -0.39 is 54.5 Å². The van der Waals surface area contributed by atoms with Gasteiger partial charge in [-0.3, -0.25) is 24.2 Å². The molecular formula is C24H31ClN4O10. The number of halogens is 1. The number of ether oxygens (including phenoxy) is 6. The highest BCUT2D eigenvalue weighted by Crippen LogP contribution is 2.31. The summed E-state index contributed by atoms with van der Waals surface area (Å²) in [5.41, 5.74) is 2.97. The molecular weight excluding hydrogens is 540 g/mol. The van der Waals surface area contributed by atoms with Crippen molar-refractivity contribution in [2.45, 2.75) is 64.8 Å². The van der Waals surface area contributed by atoms with E-state index in [2.05, 4.69) is 10.6 Å². The molecule has 0 radical (unpaired) electrons. The molecule has 5 unspecified atom stereocenters. The van der Waals surface area contributed by atoms with Gasteiger partial charge in [0.1, 0.15) is 24.3 Å². The Morgan fingerprint density at radius 1 is 0.923 bits per heavy atom. The Morgan fingerprint density at radius 2 is 1.51 bits per heavy atom. The van der Waals surface area contributed by atoms with E-state index >= 15 is 0 Å². The molecule has 214 valence electrons. The van der Waals surface area contributed by atoms with Gasteiger partial charge in [0, 0.05) is 46.2 Å². The normalized spacial score (nSPS) is 24.5. The molecule has 1 fully saturated rings. The van der Waals surface area contributed by atoms with Gasteiger partial charge in [-0.2, -0.15) is 5.12 Å². The molecule has 39 heavy (non-hydrogen) atoms. The number of benzene rings is 1. The van der Waals surface area contributed by atoms with Gasteiger partial charge in [-0.25, -0.2) is 0 Å². The molecule has 2 heterocycles. The second-order valence-corrected chi connectivity index (χ2v) is 9.10. The maximum Gasteiger partial charge on any atom is 0.303 e. The van der Waals surface area contributed by atoms with Crippen LogP contribution >= 0.6 is 11.6 Å². The lowest BCUT2D eigenvalue weighted by molar-refractivity contribution is -0.286. The number of esters is 4. The topological polar surface area (TPSA) is 155 Å². The van der Waals surface area contributed by atoms with Crippen LogP contribution in [0.15, 0.2) is 29.4 Å². The molecule has 0 spiro atoms. The highest BCUT2D eigenvalue weighted by molar-refractivity contribution is 6.30. The minimum Gasteiger partial charge on any atom is -0.493 e. The lowest BCUT2D eigenvalue weighted by atomic mass is 9.97. The molecule has 2 aliphatic heterocycles. The summed E-state index contributed by atoms with van der Waals surface area (Å²) in [5.74, 6) is -1.59. The summed E-state index contributed by atoms with van der Waals surface area (Å²) >= 11 is 5.90. The smallest absolute Gasteiger partial charge is 0.303 e. The van der Waals surface area contributed by atoms with Crippen LogP contribution in [0.2, 0.25) is 5.02 Å². The summed E-state index contributed by atoms with van der Waals surface area (Å²) in [4.78, 5) is 47.5. The summed E-state index contributed by atoms with van der Waals surface area (Å²) < 4.78 is 33.3. The first-order valence-electron chi connectivity index (χ1n) is 12.0. The van der Waals surface area contributed by atoms with Crippen molar-refractivity contribution in [1.29, 1.82) is 0 Å². The fourth-order valence-electron chi connectivity index (χ4n) is 3.95. The molecule has 5 atom stereocenters. The first kappa shape index (κ1) is 29.9. The van der Waals surface area contributed by atoms with Gasteiger partial charge in [0.15, 0.2) is 18.3 Å². The SMILES string of the molecule is CC(=O)OCC1OC(N2N=C(CCOc3ccc(Cl)cc3)N(C)N2)C(OC(C)=O)C(OC(C)=O)C1OC(C)=O. The van der Waals surface area contributed by atoms with Crippen LogP contribution in [0.5, 0.6) is 5.75 Å². The van der Waals surface area contributed by atoms with Crippen LogP contribution in [0, 0.1) is 0 Å². The van der Waals surface area contributed by atoms with Gasteiger partial charge >= 0.3 is 23.9 Å². The number of hydrazone groups is 1. The molecule has 0 aliphatic carbocycles. The molecule has 2 aliphatic rings. The van der Waals surface area contributed by atoms with Gasteiger partial charge in [-0.05, 0) is 24.3 Å². The van der Waals surface area contributed by atoms with Gasteiger partial charge in [0.2, 0.25) is 6.23 Å². The average Bonchev–Trinajstić information content (AvgIpc) is 3.21. The number of nitrogens with one attached hydrogen (secondary N) is 1. The third-order valence-electron chi connectivity index (χ3n) is 5.48. The van der Waals surface area contributed by atoms with Crippen molar-refractivity contribution < 1.29 is 47.6 Å². The molecule has 1 N–H and O–H groups in total. The van der Waals surface area contributed by atoms with Crippen molar-refractivity contribution in [3.63, 3.8) is 0 Å². The van der Waals surface area contributed by atoms with E-state index in [1.165, 1.54) is 19.0 Å². The van der Waals surface area contributed by atoms with E-state index in [1.807, 2.05) is 0 Å². The Kier molecular flexibility index (Phi) is 10.3. The van der Waals surface area contributed by atoms with Crippen molar-refractivity contribution in [1.82, 2.24) is 15.7 Å². The second-order valence-electron chi connectivity index (χ2n) is 8.66. The molecule has 1 saturated heterocycles. The van der Waals surface area contributed by atoms with Crippen molar-refractivity contribution in [3.8, 4) is 5.75 Å². The number of hydrogen-bond donors (Lipinski definition) is 1. The van der Waals surface area contributed by atoms with Crippen LogP contribution in [0.25, 0.3) is 0 Å². The van der Waals surface area contributed by atoms with Gasteiger partial charge in [0.25, 0.3) is 0 Å². The zero-order valence-electron chi connectivity index (χ0n) is 22.1. The molecule has 1 aromatic rings. The van der Waals surface area contributed by atoms with Crippen LogP contribution in [0.4, 0.5) is 0 Å². The molecule has 0 saturated carbocycles. The fourth-order valence-corrected chi connectivity index (χ4v) is 4.08. The Morgan fingerprint density at radius 3 is 2.10 bits per heavy atom. The minimum absolute atomic E-state index is 0.277. The average molecular weight is 571 g/mol. The van der Waals surface area contributed by atoms with Gasteiger partial charge in [-0.1, -0.05) is 11.6 Å². The lowest BCUT2D eigenvalue weighted by Gasteiger charge is -2.45. The predicted molar refractivity (Wildman–Crippen MR) is 134 cm³/mol. The molecule has 0 amide bonds. The number of nitrogens with zero attached hydrogens (tertiary/aromatic N) is 3. The van der Waals surface area contributed by atoms with Gasteiger partial charge < -0.3 is 28.4 Å². The third kappa shape index (κ3) is 8.43. The second kappa shape index (κ2) is 13.4. The van der Waals surface area contributed by atoms with E-state index in [0.717, 1.165) is 13.8 Å². The molecule has 14 nitrogen and oxygen atoms in total. The predicted octanol–water partition coefficient (Wildman–Crippen LogP) is 1.17. The van der Waals surface area contributed by atoms with E-state index in [0.29, 0.717) is 23.0 Å². The van der Waals surface area contributed by atoms with E-state index in [9.17, 15) is 19.2 Å². The van der Waals surface area contributed by atoms with Crippen LogP contribution < -0.4 is 10.3 Å². The van der Waals surface area contributed by atoms with Gasteiger partial charge in [-0.15, -0.1) is 10.6 Å². The fraction of sp³-hybridized carbons (Fsp3) is 0.542. The minimum atomic E-state index is -1.31. The molecule has 0 bridgehead atoms. The molecule has 1 aromatic carbocycles. The molecule has 0 aromatic heterocycles. The Labute approximate surface area is 229 Å². The molecule has 3 rings (SSSR count). The number of hydrazine groups is 2. The summed E-state index contributed by atoms with van der Waals surface area (Å²) in [6.07, 6.45) is -5.79. The monoisotopic (exact) mass is 570 g/mol. The van der Waals surface area contributed by atoms with E-state index in [1.54, 1.807) is 36.3 Å². The summed E-state index contributed by atoms with van der Waals surface area (Å²) in [5, 5.41) is 7.97. The highest BCUT2D eigenvalue weighted by Gasteiger charge is 2.55. The highest BCUT2D eigenvalue weighted by atomic mass is 35.5. The lowest BCUT2D eigenvalue weighted by Crippen LogP contribution is -2.67. The van der Waals surface area contributed by atoms with Crippen molar-refractivity contribution in [2.75, 3.05) is 20.3 Å². The van der Waals surface area contributed by atoms with Crippen molar-refractivity contribution in [3.05, 3.63) is 29.3 Å². The summed E-state index contributed by atoms with van der Waals surface area (Å²) in [6.45, 7) is 4.61. The van der Waals surface area contributed by atoms with Gasteiger partial charge in [0.05, 0.1) is 6.61 Å². The Bertz CT molecular complexity index is 1090. The number of rotatable bonds is 10. The summed E-state index contributed by atoms with van der Waals surface area (Å²) in [6, 6.07) is 6.91.